The number of halogens is 1. The van der Waals surface area contributed by atoms with E-state index in [0.717, 1.165) is 5.56 Å². The van der Waals surface area contributed by atoms with Gasteiger partial charge in [0.2, 0.25) is 10.0 Å². The molecule has 7 heteroatoms. The van der Waals surface area contributed by atoms with Gasteiger partial charge in [-0.1, -0.05) is 12.1 Å². The standard InChI is InChI=1S/C13H13BrN2O3S/c14-11-7-13(9-15-8-11)20(18,19)16-6-5-10-1-3-12(17)4-2-10/h1-4,7-9,16-17H,5-6H2. The van der Waals surface area contributed by atoms with Crippen LogP contribution in [0.2, 0.25) is 0 Å². The number of phenolic OH excluding ortho intramolecular Hbond substituents is 1. The van der Waals surface area contributed by atoms with Crippen LogP contribution in [0, 0.1) is 0 Å². The first-order valence-corrected chi connectivity index (χ1v) is 8.13. The van der Waals surface area contributed by atoms with E-state index in [0.29, 0.717) is 10.9 Å². The Morgan fingerprint density at radius 3 is 2.55 bits per heavy atom. The minimum atomic E-state index is -3.55. The molecular weight excluding hydrogens is 344 g/mol. The number of nitrogens with one attached hydrogen (secondary N) is 1. The highest BCUT2D eigenvalue weighted by molar-refractivity contribution is 9.10. The van der Waals surface area contributed by atoms with Crippen LogP contribution in [0.3, 0.4) is 0 Å². The maximum atomic E-state index is 12.0. The quantitative estimate of drug-likeness (QED) is 0.859. The molecule has 0 spiro atoms. The fourth-order valence-corrected chi connectivity index (χ4v) is 3.15. The molecule has 0 aliphatic heterocycles. The minimum absolute atomic E-state index is 0.123. The molecule has 2 rings (SSSR count). The Kier molecular flexibility index (Phi) is 4.74. The molecule has 20 heavy (non-hydrogen) atoms. The van der Waals surface area contributed by atoms with Gasteiger partial charge >= 0.3 is 0 Å². The molecule has 2 aromatic rings. The number of hydrogen-bond donors (Lipinski definition) is 2. The third-order valence-electron chi connectivity index (χ3n) is 2.63. The van der Waals surface area contributed by atoms with Gasteiger partial charge in [-0.25, -0.2) is 13.1 Å². The van der Waals surface area contributed by atoms with E-state index in [1.807, 2.05) is 0 Å². The largest absolute Gasteiger partial charge is 0.508 e. The Labute approximate surface area is 125 Å². The first-order valence-electron chi connectivity index (χ1n) is 5.85. The van der Waals surface area contributed by atoms with Gasteiger partial charge < -0.3 is 5.11 Å². The second-order valence-electron chi connectivity index (χ2n) is 4.15. The van der Waals surface area contributed by atoms with Gasteiger partial charge in [-0.05, 0) is 46.1 Å². The summed E-state index contributed by atoms with van der Waals surface area (Å²) < 4.78 is 27.2. The van der Waals surface area contributed by atoms with Crippen LogP contribution in [0.15, 0.2) is 52.1 Å². The Bertz CT molecular complexity index is 687. The fourth-order valence-electron chi connectivity index (χ4n) is 1.62. The highest BCUT2D eigenvalue weighted by atomic mass is 79.9. The fraction of sp³-hybridized carbons (Fsp3) is 0.154. The summed E-state index contributed by atoms with van der Waals surface area (Å²) in [5.41, 5.74) is 0.942. The van der Waals surface area contributed by atoms with Crippen molar-refractivity contribution in [2.45, 2.75) is 11.3 Å². The average molecular weight is 357 g/mol. The molecular formula is C13H13BrN2O3S. The first kappa shape index (κ1) is 15.0. The lowest BCUT2D eigenvalue weighted by Gasteiger charge is -2.07. The van der Waals surface area contributed by atoms with Crippen LogP contribution < -0.4 is 4.72 Å². The topological polar surface area (TPSA) is 79.3 Å². The van der Waals surface area contributed by atoms with Crippen molar-refractivity contribution in [3.8, 4) is 5.75 Å². The number of aromatic hydroxyl groups is 1. The minimum Gasteiger partial charge on any atom is -0.508 e. The number of phenols is 1. The lowest BCUT2D eigenvalue weighted by molar-refractivity contribution is 0.475. The zero-order valence-corrected chi connectivity index (χ0v) is 12.9. The van der Waals surface area contributed by atoms with Gasteiger partial charge in [-0.3, -0.25) is 4.98 Å². The number of rotatable bonds is 5. The van der Waals surface area contributed by atoms with Crippen molar-refractivity contribution in [2.24, 2.45) is 0 Å². The van der Waals surface area contributed by atoms with E-state index in [1.165, 1.54) is 18.5 Å². The summed E-state index contributed by atoms with van der Waals surface area (Å²) in [6.45, 7) is 0.277. The molecule has 0 atom stereocenters. The van der Waals surface area contributed by atoms with E-state index in [9.17, 15) is 8.42 Å². The maximum absolute atomic E-state index is 12.0. The van der Waals surface area contributed by atoms with Gasteiger partial charge in [0, 0.05) is 23.4 Å². The number of sulfonamides is 1. The Hall–Kier alpha value is -1.44. The van der Waals surface area contributed by atoms with E-state index in [4.69, 9.17) is 5.11 Å². The maximum Gasteiger partial charge on any atom is 0.242 e. The molecule has 2 N–H and O–H groups in total. The van der Waals surface area contributed by atoms with Crippen LogP contribution in [0.5, 0.6) is 5.75 Å². The molecule has 0 amide bonds. The van der Waals surface area contributed by atoms with E-state index < -0.39 is 10.0 Å². The van der Waals surface area contributed by atoms with Gasteiger partial charge in [-0.2, -0.15) is 0 Å². The third-order valence-corrected chi connectivity index (χ3v) is 4.49. The number of aromatic nitrogens is 1. The summed E-state index contributed by atoms with van der Waals surface area (Å²) in [5.74, 6) is 0.189. The molecule has 0 radical (unpaired) electrons. The van der Waals surface area contributed by atoms with Gasteiger partial charge in [0.05, 0.1) is 0 Å². The summed E-state index contributed by atoms with van der Waals surface area (Å²) in [4.78, 5) is 3.96. The summed E-state index contributed by atoms with van der Waals surface area (Å²) in [6, 6.07) is 8.15. The van der Waals surface area contributed by atoms with Crippen molar-refractivity contribution >= 4 is 26.0 Å². The molecule has 0 fully saturated rings. The molecule has 5 nitrogen and oxygen atoms in total. The molecule has 1 heterocycles. The number of nitrogens with zero attached hydrogens (tertiary/aromatic N) is 1. The van der Waals surface area contributed by atoms with Crippen LogP contribution in [0.1, 0.15) is 5.56 Å². The van der Waals surface area contributed by atoms with Crippen molar-refractivity contribution < 1.29 is 13.5 Å². The molecule has 0 aliphatic rings. The highest BCUT2D eigenvalue weighted by Crippen LogP contribution is 2.14. The normalized spacial score (nSPS) is 11.4. The van der Waals surface area contributed by atoms with E-state index >= 15 is 0 Å². The first-order chi connectivity index (χ1) is 9.47. The molecule has 106 valence electrons. The molecule has 1 aromatic carbocycles. The van der Waals surface area contributed by atoms with Gasteiger partial charge in [0.15, 0.2) is 0 Å². The van der Waals surface area contributed by atoms with Gasteiger partial charge in [-0.15, -0.1) is 0 Å². The second kappa shape index (κ2) is 6.34. The number of benzene rings is 1. The number of hydrogen-bond acceptors (Lipinski definition) is 4. The van der Waals surface area contributed by atoms with Crippen molar-refractivity contribution in [3.05, 3.63) is 52.8 Å². The van der Waals surface area contributed by atoms with Gasteiger partial charge in [0.1, 0.15) is 10.6 Å². The van der Waals surface area contributed by atoms with Crippen LogP contribution in [0.4, 0.5) is 0 Å². The van der Waals surface area contributed by atoms with Crippen molar-refractivity contribution in [1.29, 1.82) is 0 Å². The highest BCUT2D eigenvalue weighted by Gasteiger charge is 2.13. The zero-order valence-electron chi connectivity index (χ0n) is 10.5. The molecule has 0 aliphatic carbocycles. The predicted octanol–water partition coefficient (Wildman–Crippen LogP) is 2.07. The Balaban J connectivity index is 1.98. The number of pyridine rings is 1. The summed E-state index contributed by atoms with van der Waals surface area (Å²) in [6.07, 6.45) is 3.37. The predicted molar refractivity (Wildman–Crippen MR) is 78.9 cm³/mol. The lowest BCUT2D eigenvalue weighted by Crippen LogP contribution is -2.26. The van der Waals surface area contributed by atoms with Crippen molar-refractivity contribution in [1.82, 2.24) is 9.71 Å². The summed E-state index contributed by atoms with van der Waals surface area (Å²) in [7, 11) is -3.55. The molecule has 1 aromatic heterocycles. The Morgan fingerprint density at radius 2 is 1.90 bits per heavy atom. The van der Waals surface area contributed by atoms with Gasteiger partial charge in [0.25, 0.3) is 0 Å². The van der Waals surface area contributed by atoms with Crippen LogP contribution >= 0.6 is 15.9 Å². The third kappa shape index (κ3) is 4.03. The van der Waals surface area contributed by atoms with E-state index in [1.54, 1.807) is 24.3 Å². The van der Waals surface area contributed by atoms with Crippen LogP contribution in [-0.4, -0.2) is 25.1 Å². The summed E-state index contributed by atoms with van der Waals surface area (Å²) in [5, 5.41) is 9.16. The van der Waals surface area contributed by atoms with Crippen molar-refractivity contribution in [3.63, 3.8) is 0 Å². The van der Waals surface area contributed by atoms with E-state index in [-0.39, 0.29) is 17.2 Å². The molecule has 0 bridgehead atoms. The lowest BCUT2D eigenvalue weighted by atomic mass is 10.1. The van der Waals surface area contributed by atoms with E-state index in [2.05, 4.69) is 25.6 Å². The zero-order chi connectivity index (χ0) is 14.6. The second-order valence-corrected chi connectivity index (χ2v) is 6.84. The van der Waals surface area contributed by atoms with Crippen molar-refractivity contribution in [2.75, 3.05) is 6.54 Å². The summed E-state index contributed by atoms with van der Waals surface area (Å²) >= 11 is 3.19. The monoisotopic (exact) mass is 356 g/mol. The SMILES string of the molecule is O=S(=O)(NCCc1ccc(O)cc1)c1cncc(Br)c1. The molecule has 0 saturated heterocycles. The Morgan fingerprint density at radius 1 is 1.20 bits per heavy atom. The molecule has 0 saturated carbocycles. The van der Waals surface area contributed by atoms with Crippen LogP contribution in [-0.2, 0) is 16.4 Å². The average Bonchev–Trinajstić information content (AvgIpc) is 2.41. The molecule has 0 unspecified atom stereocenters. The smallest absolute Gasteiger partial charge is 0.242 e. The van der Waals surface area contributed by atoms with Crippen LogP contribution in [0.25, 0.3) is 0 Å².